The Morgan fingerprint density at radius 1 is 0.941 bits per heavy atom. The monoisotopic (exact) mass is 559 g/mol. The quantitative estimate of drug-likeness (QED) is 0.236. The van der Waals surface area contributed by atoms with E-state index in [9.17, 15) is 25.1 Å². The van der Waals surface area contributed by atoms with Crippen molar-refractivity contribution in [1.29, 1.82) is 0 Å². The number of Topliss-reactive ketones (excluding diaryl/α,β-unsaturated/α-hetero) is 1. The van der Waals surface area contributed by atoms with E-state index in [1.807, 2.05) is 23.1 Å². The van der Waals surface area contributed by atoms with E-state index in [-0.39, 0.29) is 74.3 Å². The summed E-state index contributed by atoms with van der Waals surface area (Å²) in [5.41, 5.74) is 0.433. The van der Waals surface area contributed by atoms with E-state index in [0.29, 0.717) is 13.1 Å². The van der Waals surface area contributed by atoms with Gasteiger partial charge in [-0.3, -0.25) is 24.7 Å². The second kappa shape index (κ2) is 13.6. The van der Waals surface area contributed by atoms with Crippen molar-refractivity contribution in [3.63, 3.8) is 0 Å². The predicted octanol–water partition coefficient (Wildman–Crippen LogP) is 3.42. The van der Waals surface area contributed by atoms with Crippen LogP contribution in [0.3, 0.4) is 0 Å². The van der Waals surface area contributed by atoms with Gasteiger partial charge < -0.3 is 19.7 Å². The first-order chi connectivity index (χ1) is 14.4. The number of halogens is 4. The minimum atomic E-state index is -0.839. The molecule has 190 valence electrons. The second-order valence-corrected chi connectivity index (χ2v) is 7.28. The van der Waals surface area contributed by atoms with Crippen molar-refractivity contribution in [2.45, 2.75) is 6.54 Å². The summed E-state index contributed by atoms with van der Waals surface area (Å²) in [4.78, 5) is 26.9. The van der Waals surface area contributed by atoms with Crippen LogP contribution in [-0.2, 0) is 6.54 Å². The van der Waals surface area contributed by atoms with E-state index < -0.39 is 22.1 Å². The van der Waals surface area contributed by atoms with Gasteiger partial charge in [-0.2, -0.15) is 0 Å². The third-order valence-corrected chi connectivity index (χ3v) is 5.26. The molecule has 2 heterocycles. The first-order valence-corrected chi connectivity index (χ1v) is 9.47. The topological polar surface area (TPSA) is 126 Å². The van der Waals surface area contributed by atoms with Crippen LogP contribution in [0.5, 0.6) is 23.0 Å². The molecule has 4 rings (SSSR count). The molecular formula is C20H25Cl4N3O7. The molecule has 0 unspecified atom stereocenters. The molecule has 10 nitrogen and oxygen atoms in total. The molecule has 0 amide bonds. The molecule has 34 heavy (non-hydrogen) atoms. The van der Waals surface area contributed by atoms with Gasteiger partial charge in [0.25, 0.3) is 0 Å². The number of benzene rings is 2. The van der Waals surface area contributed by atoms with Crippen LogP contribution in [-0.4, -0.2) is 70.2 Å². The number of piperazine rings is 1. The minimum Gasteiger partial charge on any atom is -0.504 e. The molecule has 2 aromatic rings. The van der Waals surface area contributed by atoms with E-state index >= 15 is 0 Å². The molecule has 0 spiro atoms. The number of fused-ring (bicyclic) bond motifs is 1. The molecule has 0 aliphatic carbocycles. The van der Waals surface area contributed by atoms with Crippen LogP contribution in [0.15, 0.2) is 30.3 Å². The SMILES string of the molecule is Cl.Cl.Cl.Cl.O=C(CN1CCN(Cc2ccc3c(c2)OCO3)CC1)c1cc(O)c(O)c([N+](=O)[O-])c1. The fraction of sp³-hybridized carbons (Fsp3) is 0.350. The van der Waals surface area contributed by atoms with Gasteiger partial charge in [0, 0.05) is 44.4 Å². The molecule has 0 aromatic heterocycles. The normalized spacial score (nSPS) is 14.6. The standard InChI is InChI=1S/C20H21N3O7.4ClH/c24-16-9-14(8-15(20(16)26)23(27)28)17(25)11-22-5-3-21(4-6-22)10-13-1-2-18-19(7-13)30-12-29-18;;;;/h1-2,7-9,24,26H,3-6,10-12H2;4*1H. The lowest BCUT2D eigenvalue weighted by Gasteiger charge is -2.34. The number of carbonyl (C=O) groups is 1. The molecule has 0 bridgehead atoms. The Bertz CT molecular complexity index is 1000. The van der Waals surface area contributed by atoms with Crippen molar-refractivity contribution in [3.05, 3.63) is 51.6 Å². The molecule has 0 saturated carbocycles. The summed E-state index contributed by atoms with van der Waals surface area (Å²) in [5.74, 6) is -0.363. The van der Waals surface area contributed by atoms with Crippen molar-refractivity contribution in [2.75, 3.05) is 39.5 Å². The minimum absolute atomic E-state index is 0. The number of phenolic OH excluding ortho intramolecular Hbond substituents is 2. The number of rotatable bonds is 6. The van der Waals surface area contributed by atoms with Crippen molar-refractivity contribution < 1.29 is 29.4 Å². The summed E-state index contributed by atoms with van der Waals surface area (Å²) in [7, 11) is 0. The van der Waals surface area contributed by atoms with Crippen molar-refractivity contribution in [2.24, 2.45) is 0 Å². The Kier molecular flexibility index (Phi) is 12.7. The zero-order valence-corrected chi connectivity index (χ0v) is 21.0. The summed E-state index contributed by atoms with van der Waals surface area (Å²) >= 11 is 0. The van der Waals surface area contributed by atoms with E-state index in [1.54, 1.807) is 0 Å². The number of ketones is 1. The third kappa shape index (κ3) is 7.14. The van der Waals surface area contributed by atoms with Gasteiger partial charge in [0.15, 0.2) is 23.0 Å². The fourth-order valence-electron chi connectivity index (χ4n) is 3.60. The first-order valence-electron chi connectivity index (χ1n) is 9.47. The van der Waals surface area contributed by atoms with E-state index in [2.05, 4.69) is 4.90 Å². The molecule has 0 atom stereocenters. The highest BCUT2D eigenvalue weighted by atomic mass is 35.5. The van der Waals surface area contributed by atoms with Crippen molar-refractivity contribution >= 4 is 61.1 Å². The van der Waals surface area contributed by atoms with Crippen LogP contribution >= 0.6 is 49.6 Å². The van der Waals surface area contributed by atoms with Crippen molar-refractivity contribution in [1.82, 2.24) is 9.80 Å². The Morgan fingerprint density at radius 2 is 1.56 bits per heavy atom. The molecular weight excluding hydrogens is 536 g/mol. The molecule has 2 aliphatic heterocycles. The summed E-state index contributed by atoms with van der Waals surface area (Å²) < 4.78 is 10.7. The van der Waals surface area contributed by atoms with Gasteiger partial charge in [0.2, 0.25) is 12.5 Å². The summed E-state index contributed by atoms with van der Waals surface area (Å²) in [6.45, 7) is 3.96. The van der Waals surface area contributed by atoms with Gasteiger partial charge in [0.1, 0.15) is 0 Å². The molecule has 14 heteroatoms. The molecule has 1 fully saturated rings. The molecule has 2 N–H and O–H groups in total. The smallest absolute Gasteiger partial charge is 0.315 e. The lowest BCUT2D eigenvalue weighted by Crippen LogP contribution is -2.47. The average Bonchev–Trinajstić information content (AvgIpc) is 3.19. The Morgan fingerprint density at radius 3 is 2.21 bits per heavy atom. The number of carbonyl (C=O) groups excluding carboxylic acids is 1. The Labute approximate surface area is 220 Å². The number of nitro groups is 1. The van der Waals surface area contributed by atoms with Crippen LogP contribution in [0, 0.1) is 10.1 Å². The highest BCUT2D eigenvalue weighted by Gasteiger charge is 2.24. The van der Waals surface area contributed by atoms with Crippen LogP contribution in [0.2, 0.25) is 0 Å². The van der Waals surface area contributed by atoms with Crippen LogP contribution < -0.4 is 9.47 Å². The van der Waals surface area contributed by atoms with E-state index in [4.69, 9.17) is 9.47 Å². The van der Waals surface area contributed by atoms with Gasteiger partial charge in [0.05, 0.1) is 11.5 Å². The van der Waals surface area contributed by atoms with Gasteiger partial charge in [-0.15, -0.1) is 49.6 Å². The Balaban J connectivity index is 0.00000272. The van der Waals surface area contributed by atoms with Gasteiger partial charge in [-0.1, -0.05) is 6.07 Å². The average molecular weight is 561 g/mol. The number of aromatic hydroxyl groups is 2. The van der Waals surface area contributed by atoms with E-state index in [1.165, 1.54) is 0 Å². The number of nitro benzene ring substituents is 1. The predicted molar refractivity (Wildman–Crippen MR) is 134 cm³/mol. The molecule has 2 aliphatic rings. The highest BCUT2D eigenvalue weighted by molar-refractivity contribution is 5.99. The number of ether oxygens (including phenoxy) is 2. The van der Waals surface area contributed by atoms with Gasteiger partial charge in [-0.25, -0.2) is 0 Å². The lowest BCUT2D eigenvalue weighted by atomic mass is 10.1. The van der Waals surface area contributed by atoms with Crippen LogP contribution in [0.4, 0.5) is 5.69 Å². The lowest BCUT2D eigenvalue weighted by molar-refractivity contribution is -0.386. The second-order valence-electron chi connectivity index (χ2n) is 7.28. The molecule has 0 radical (unpaired) electrons. The zero-order chi connectivity index (χ0) is 21.3. The summed E-state index contributed by atoms with van der Waals surface area (Å²) in [6.07, 6.45) is 0. The number of hydrogen-bond donors (Lipinski definition) is 2. The highest BCUT2D eigenvalue weighted by Crippen LogP contribution is 2.36. The maximum absolute atomic E-state index is 12.5. The van der Waals surface area contributed by atoms with Gasteiger partial charge in [-0.05, 0) is 23.8 Å². The fourth-order valence-corrected chi connectivity index (χ4v) is 3.60. The molecule has 2 aromatic carbocycles. The summed E-state index contributed by atoms with van der Waals surface area (Å²) in [6, 6.07) is 7.93. The van der Waals surface area contributed by atoms with E-state index in [0.717, 1.165) is 48.8 Å². The van der Waals surface area contributed by atoms with Crippen LogP contribution in [0.1, 0.15) is 15.9 Å². The first kappa shape index (κ1) is 31.8. The molecule has 1 saturated heterocycles. The maximum Gasteiger partial charge on any atom is 0.315 e. The number of nitrogens with zero attached hydrogens (tertiary/aromatic N) is 3. The maximum atomic E-state index is 12.5. The van der Waals surface area contributed by atoms with Crippen LogP contribution in [0.25, 0.3) is 0 Å². The number of hydrogen-bond acceptors (Lipinski definition) is 9. The zero-order valence-electron chi connectivity index (χ0n) is 17.7. The number of phenols is 2. The Hall–Kier alpha value is -2.21. The van der Waals surface area contributed by atoms with Gasteiger partial charge >= 0.3 is 5.69 Å². The van der Waals surface area contributed by atoms with Crippen molar-refractivity contribution in [3.8, 4) is 23.0 Å². The third-order valence-electron chi connectivity index (χ3n) is 5.26. The largest absolute Gasteiger partial charge is 0.504 e. The summed E-state index contributed by atoms with van der Waals surface area (Å²) in [5, 5.41) is 30.2.